The molecule has 116 valence electrons. The molecule has 1 heterocycles. The molecule has 0 aliphatic carbocycles. The van der Waals surface area contributed by atoms with Crippen LogP contribution in [-0.4, -0.2) is 17.6 Å². The molecule has 3 rings (SSSR count). The van der Waals surface area contributed by atoms with Crippen LogP contribution in [0.1, 0.15) is 17.3 Å². The molecule has 3 nitrogen and oxygen atoms in total. The summed E-state index contributed by atoms with van der Waals surface area (Å²) >= 11 is 1.44. The van der Waals surface area contributed by atoms with Gasteiger partial charge < -0.3 is 4.74 Å². The number of thiazole rings is 1. The van der Waals surface area contributed by atoms with Crippen LogP contribution in [0.2, 0.25) is 0 Å². The summed E-state index contributed by atoms with van der Waals surface area (Å²) in [6.07, 6.45) is 0. The van der Waals surface area contributed by atoms with E-state index >= 15 is 0 Å². The van der Waals surface area contributed by atoms with Gasteiger partial charge in [-0.3, -0.25) is 0 Å². The lowest BCUT2D eigenvalue weighted by atomic mass is 10.1. The van der Waals surface area contributed by atoms with Crippen LogP contribution in [0.3, 0.4) is 0 Å². The van der Waals surface area contributed by atoms with Gasteiger partial charge in [0.2, 0.25) is 0 Å². The largest absolute Gasteiger partial charge is 0.462 e. The predicted molar refractivity (Wildman–Crippen MR) is 88.9 cm³/mol. The van der Waals surface area contributed by atoms with Gasteiger partial charge in [-0.2, -0.15) is 0 Å². The van der Waals surface area contributed by atoms with E-state index in [1.54, 1.807) is 31.2 Å². The molecule has 1 aromatic heterocycles. The van der Waals surface area contributed by atoms with Gasteiger partial charge in [-0.1, -0.05) is 24.3 Å². The third-order valence-corrected chi connectivity index (χ3v) is 4.14. The molecule has 3 aromatic rings. The number of hydrogen-bond acceptors (Lipinski definition) is 4. The number of esters is 1. The molecule has 0 atom stereocenters. The fraction of sp³-hybridized carbons (Fsp3) is 0.111. The Labute approximate surface area is 137 Å². The number of carbonyl (C=O) groups is 1. The molecule has 5 heteroatoms. The molecule has 0 bridgehead atoms. The van der Waals surface area contributed by atoms with Gasteiger partial charge in [0.1, 0.15) is 10.8 Å². The van der Waals surface area contributed by atoms with Crippen molar-refractivity contribution in [2.45, 2.75) is 6.92 Å². The second kappa shape index (κ2) is 6.71. The van der Waals surface area contributed by atoms with E-state index in [0.717, 1.165) is 21.8 Å². The topological polar surface area (TPSA) is 39.2 Å². The molecule has 0 saturated heterocycles. The van der Waals surface area contributed by atoms with Gasteiger partial charge in [0.05, 0.1) is 17.9 Å². The highest BCUT2D eigenvalue weighted by molar-refractivity contribution is 7.13. The molecule has 0 spiro atoms. The standard InChI is InChI=1S/C18H14FNO2S/c1-2-22-18(21)14-7-3-5-12(9-14)16-11-23-17(20-16)13-6-4-8-15(19)10-13/h3-11H,2H2,1H3. The van der Waals surface area contributed by atoms with Crippen molar-refractivity contribution in [3.8, 4) is 21.8 Å². The van der Waals surface area contributed by atoms with Crippen molar-refractivity contribution in [3.05, 3.63) is 65.3 Å². The van der Waals surface area contributed by atoms with E-state index in [0.29, 0.717) is 12.2 Å². The summed E-state index contributed by atoms with van der Waals surface area (Å²) in [5.41, 5.74) is 2.81. The molecule has 23 heavy (non-hydrogen) atoms. The van der Waals surface area contributed by atoms with E-state index in [2.05, 4.69) is 4.98 Å². The van der Waals surface area contributed by atoms with E-state index in [9.17, 15) is 9.18 Å². The van der Waals surface area contributed by atoms with Crippen molar-refractivity contribution >= 4 is 17.3 Å². The second-order valence-electron chi connectivity index (χ2n) is 4.85. The van der Waals surface area contributed by atoms with Crippen molar-refractivity contribution in [1.82, 2.24) is 4.98 Å². The van der Waals surface area contributed by atoms with Crippen LogP contribution >= 0.6 is 11.3 Å². The summed E-state index contributed by atoms with van der Waals surface area (Å²) in [4.78, 5) is 16.3. The highest BCUT2D eigenvalue weighted by Crippen LogP contribution is 2.29. The Balaban J connectivity index is 1.91. The summed E-state index contributed by atoms with van der Waals surface area (Å²) in [5.74, 6) is -0.640. The number of nitrogens with zero attached hydrogens (tertiary/aromatic N) is 1. The quantitative estimate of drug-likeness (QED) is 0.647. The number of aromatic nitrogens is 1. The molecule has 0 saturated carbocycles. The molecule has 0 N–H and O–H groups in total. The zero-order valence-electron chi connectivity index (χ0n) is 12.5. The Morgan fingerprint density at radius 3 is 2.74 bits per heavy atom. The molecule has 2 aromatic carbocycles. The summed E-state index contributed by atoms with van der Waals surface area (Å²) in [5, 5.41) is 2.63. The van der Waals surface area contributed by atoms with Gasteiger partial charge in [0.15, 0.2) is 0 Å². The van der Waals surface area contributed by atoms with E-state index < -0.39 is 0 Å². The lowest BCUT2D eigenvalue weighted by molar-refractivity contribution is 0.0526. The smallest absolute Gasteiger partial charge is 0.338 e. The first kappa shape index (κ1) is 15.4. The van der Waals surface area contributed by atoms with Crippen molar-refractivity contribution in [2.75, 3.05) is 6.61 Å². The lowest BCUT2D eigenvalue weighted by Gasteiger charge is -2.03. The molecular weight excluding hydrogens is 313 g/mol. The third kappa shape index (κ3) is 3.46. The lowest BCUT2D eigenvalue weighted by Crippen LogP contribution is -2.04. The van der Waals surface area contributed by atoms with Crippen molar-refractivity contribution in [1.29, 1.82) is 0 Å². The van der Waals surface area contributed by atoms with Gasteiger partial charge in [-0.25, -0.2) is 14.2 Å². The monoisotopic (exact) mass is 327 g/mol. The fourth-order valence-corrected chi connectivity index (χ4v) is 3.01. The third-order valence-electron chi connectivity index (χ3n) is 3.25. The fourth-order valence-electron chi connectivity index (χ4n) is 2.18. The molecule has 0 aliphatic rings. The average Bonchev–Trinajstić information content (AvgIpc) is 3.05. The SMILES string of the molecule is CCOC(=O)c1cccc(-c2csc(-c3cccc(F)c3)n2)c1. The summed E-state index contributed by atoms with van der Waals surface area (Å²) < 4.78 is 18.3. The Kier molecular flexibility index (Phi) is 4.48. The van der Waals surface area contributed by atoms with Crippen LogP contribution < -0.4 is 0 Å². The van der Waals surface area contributed by atoms with Gasteiger partial charge >= 0.3 is 5.97 Å². The Bertz CT molecular complexity index is 844. The predicted octanol–water partition coefficient (Wildman–Crippen LogP) is 4.79. The minimum atomic E-state index is -0.352. The number of rotatable bonds is 4. The zero-order chi connectivity index (χ0) is 16.2. The maximum atomic E-state index is 13.3. The van der Waals surface area contributed by atoms with Crippen LogP contribution in [-0.2, 0) is 4.74 Å². The Morgan fingerprint density at radius 1 is 1.17 bits per heavy atom. The number of benzene rings is 2. The van der Waals surface area contributed by atoms with Crippen LogP contribution in [0.4, 0.5) is 4.39 Å². The highest BCUT2D eigenvalue weighted by Gasteiger charge is 2.11. The van der Waals surface area contributed by atoms with Gasteiger partial charge in [0, 0.05) is 16.5 Å². The Hall–Kier alpha value is -2.53. The summed E-state index contributed by atoms with van der Waals surface area (Å²) in [6, 6.07) is 13.5. The minimum absolute atomic E-state index is 0.288. The van der Waals surface area contributed by atoms with Crippen LogP contribution in [0.15, 0.2) is 53.9 Å². The molecule has 0 aliphatic heterocycles. The number of ether oxygens (including phenoxy) is 1. The molecule has 0 fully saturated rings. The van der Waals surface area contributed by atoms with Crippen LogP contribution in [0, 0.1) is 5.82 Å². The van der Waals surface area contributed by atoms with Gasteiger partial charge in [-0.15, -0.1) is 11.3 Å². The van der Waals surface area contributed by atoms with Crippen molar-refractivity contribution in [2.24, 2.45) is 0 Å². The van der Waals surface area contributed by atoms with Crippen LogP contribution in [0.25, 0.3) is 21.8 Å². The molecule has 0 radical (unpaired) electrons. The summed E-state index contributed by atoms with van der Waals surface area (Å²) in [7, 11) is 0. The minimum Gasteiger partial charge on any atom is -0.462 e. The molecule has 0 unspecified atom stereocenters. The van der Waals surface area contributed by atoms with Gasteiger partial charge in [-0.05, 0) is 31.2 Å². The highest BCUT2D eigenvalue weighted by atomic mass is 32.1. The maximum absolute atomic E-state index is 13.3. The van der Waals surface area contributed by atoms with E-state index in [4.69, 9.17) is 4.74 Å². The van der Waals surface area contributed by atoms with E-state index in [1.807, 2.05) is 17.5 Å². The molecular formula is C18H14FNO2S. The van der Waals surface area contributed by atoms with Crippen LogP contribution in [0.5, 0.6) is 0 Å². The van der Waals surface area contributed by atoms with Gasteiger partial charge in [0.25, 0.3) is 0 Å². The first-order chi connectivity index (χ1) is 11.2. The Morgan fingerprint density at radius 2 is 1.96 bits per heavy atom. The first-order valence-electron chi connectivity index (χ1n) is 7.16. The van der Waals surface area contributed by atoms with Crippen molar-refractivity contribution in [3.63, 3.8) is 0 Å². The van der Waals surface area contributed by atoms with E-state index in [-0.39, 0.29) is 11.8 Å². The number of halogens is 1. The van der Waals surface area contributed by atoms with Crippen molar-refractivity contribution < 1.29 is 13.9 Å². The maximum Gasteiger partial charge on any atom is 0.338 e. The first-order valence-corrected chi connectivity index (χ1v) is 8.04. The number of carbonyl (C=O) groups excluding carboxylic acids is 1. The normalized spacial score (nSPS) is 10.5. The second-order valence-corrected chi connectivity index (χ2v) is 5.71. The average molecular weight is 327 g/mol. The number of hydrogen-bond donors (Lipinski definition) is 0. The zero-order valence-corrected chi connectivity index (χ0v) is 13.3. The summed E-state index contributed by atoms with van der Waals surface area (Å²) in [6.45, 7) is 2.11. The molecule has 0 amide bonds. The van der Waals surface area contributed by atoms with E-state index in [1.165, 1.54) is 23.5 Å².